The molecule has 0 saturated heterocycles. The molecule has 1 N–H and O–H groups in total. The lowest BCUT2D eigenvalue weighted by Crippen LogP contribution is -2.03. The molecule has 0 fully saturated rings. The van der Waals surface area contributed by atoms with Gasteiger partial charge in [0.1, 0.15) is 12.4 Å². The van der Waals surface area contributed by atoms with E-state index in [1.54, 1.807) is 22.9 Å². The average Bonchev–Trinajstić information content (AvgIpc) is 3.22. The van der Waals surface area contributed by atoms with E-state index in [9.17, 15) is 4.39 Å². The van der Waals surface area contributed by atoms with E-state index in [4.69, 9.17) is 9.52 Å². The van der Waals surface area contributed by atoms with Crippen LogP contribution in [-0.4, -0.2) is 25.1 Å². The van der Waals surface area contributed by atoms with Gasteiger partial charge in [-0.3, -0.25) is 4.68 Å². The molecule has 4 aromatic rings. The minimum absolute atomic E-state index is 0.123. The van der Waals surface area contributed by atoms with Gasteiger partial charge in [-0.05, 0) is 12.1 Å². The van der Waals surface area contributed by atoms with E-state index in [2.05, 4.69) is 15.3 Å². The van der Waals surface area contributed by atoms with Crippen LogP contribution in [0.1, 0.15) is 11.5 Å². The van der Waals surface area contributed by atoms with Crippen molar-refractivity contribution in [2.45, 2.75) is 13.2 Å². The predicted octanol–water partition coefficient (Wildman–Crippen LogP) is 2.77. The minimum Gasteiger partial charge on any atom is -0.417 e. The maximum Gasteiger partial charge on any atom is 0.268 e. The number of hydrogen-bond donors (Lipinski definition) is 1. The van der Waals surface area contributed by atoms with E-state index in [-0.39, 0.29) is 30.8 Å². The van der Waals surface area contributed by atoms with Crippen LogP contribution in [0.15, 0.2) is 52.9 Å². The highest BCUT2D eigenvalue weighted by molar-refractivity contribution is 5.91. The first-order valence-electron chi connectivity index (χ1n) is 7.39. The Hall–Kier alpha value is -3.06. The number of hydrogen-bond acceptors (Lipinski definition) is 5. The summed E-state index contributed by atoms with van der Waals surface area (Å²) in [4.78, 5) is 0. The minimum atomic E-state index is -0.332. The maximum atomic E-state index is 13.9. The number of rotatable bonds is 4. The van der Waals surface area contributed by atoms with Crippen molar-refractivity contribution in [3.05, 3.63) is 65.8 Å². The van der Waals surface area contributed by atoms with Gasteiger partial charge in [0.25, 0.3) is 5.89 Å². The van der Waals surface area contributed by atoms with E-state index in [0.29, 0.717) is 11.3 Å². The van der Waals surface area contributed by atoms with Gasteiger partial charge in [0.2, 0.25) is 5.89 Å². The Bertz CT molecular complexity index is 1010. The van der Waals surface area contributed by atoms with Crippen molar-refractivity contribution in [3.8, 4) is 11.6 Å². The summed E-state index contributed by atoms with van der Waals surface area (Å²) in [5.41, 5.74) is 1.88. The van der Waals surface area contributed by atoms with E-state index in [1.807, 2.05) is 24.3 Å². The summed E-state index contributed by atoms with van der Waals surface area (Å²) < 4.78 is 21.0. The molecule has 0 aliphatic carbocycles. The van der Waals surface area contributed by atoms with Gasteiger partial charge in [-0.15, -0.1) is 10.2 Å². The van der Waals surface area contributed by atoms with Gasteiger partial charge in [0.15, 0.2) is 5.69 Å². The highest BCUT2D eigenvalue weighted by Gasteiger charge is 2.18. The Morgan fingerprint density at radius 3 is 2.62 bits per heavy atom. The number of aliphatic hydroxyl groups is 1. The fourth-order valence-electron chi connectivity index (χ4n) is 2.61. The highest BCUT2D eigenvalue weighted by Crippen LogP contribution is 2.27. The zero-order valence-electron chi connectivity index (χ0n) is 12.6. The zero-order valence-corrected chi connectivity index (χ0v) is 12.6. The Kier molecular flexibility index (Phi) is 3.55. The molecular weight excluding hydrogens is 311 g/mol. The Labute approximate surface area is 136 Å². The van der Waals surface area contributed by atoms with Crippen LogP contribution < -0.4 is 0 Å². The van der Waals surface area contributed by atoms with Gasteiger partial charge in [-0.25, -0.2) is 4.39 Å². The van der Waals surface area contributed by atoms with Crippen LogP contribution in [0, 0.1) is 5.82 Å². The molecule has 24 heavy (non-hydrogen) atoms. The first kappa shape index (κ1) is 14.5. The Morgan fingerprint density at radius 1 is 1.04 bits per heavy atom. The van der Waals surface area contributed by atoms with Gasteiger partial charge in [-0.1, -0.05) is 36.4 Å². The Morgan fingerprint density at radius 2 is 1.83 bits per heavy atom. The third-order valence-corrected chi connectivity index (χ3v) is 3.74. The lowest BCUT2D eigenvalue weighted by molar-refractivity contribution is 0.241. The van der Waals surface area contributed by atoms with Crippen LogP contribution in [0.2, 0.25) is 0 Å². The number of halogens is 1. The quantitative estimate of drug-likeness (QED) is 0.624. The Balaban J connectivity index is 1.83. The topological polar surface area (TPSA) is 77.0 Å². The van der Waals surface area contributed by atoms with Crippen LogP contribution in [0.4, 0.5) is 4.39 Å². The lowest BCUT2D eigenvalue weighted by atomic mass is 10.2. The third-order valence-electron chi connectivity index (χ3n) is 3.74. The normalized spacial score (nSPS) is 11.2. The number of nitrogens with zero attached hydrogens (tertiary/aromatic N) is 4. The lowest BCUT2D eigenvalue weighted by Gasteiger charge is -2.04. The number of para-hydroxylation sites is 1. The molecule has 7 heteroatoms. The van der Waals surface area contributed by atoms with Crippen molar-refractivity contribution >= 4 is 10.9 Å². The second-order valence-electron chi connectivity index (χ2n) is 5.27. The fourth-order valence-corrected chi connectivity index (χ4v) is 2.61. The molecule has 120 valence electrons. The smallest absolute Gasteiger partial charge is 0.268 e. The van der Waals surface area contributed by atoms with Crippen molar-refractivity contribution in [2.24, 2.45) is 0 Å². The van der Waals surface area contributed by atoms with E-state index in [0.717, 1.165) is 10.9 Å². The van der Waals surface area contributed by atoms with Crippen molar-refractivity contribution in [2.75, 3.05) is 0 Å². The number of benzene rings is 2. The zero-order chi connectivity index (χ0) is 16.5. The van der Waals surface area contributed by atoms with Crippen molar-refractivity contribution in [1.29, 1.82) is 0 Å². The standard InChI is InChI=1S/C17H13FN4O2/c18-13-7-3-1-5-11(13)9-22-14-8-4-2-6-12(14)16(21-22)17-20-19-15(10-23)24-17/h1-8,23H,9-10H2. The molecule has 2 heterocycles. The van der Waals surface area contributed by atoms with Crippen LogP contribution in [0.5, 0.6) is 0 Å². The van der Waals surface area contributed by atoms with Crippen LogP contribution >= 0.6 is 0 Å². The number of aromatic nitrogens is 4. The molecule has 0 amide bonds. The van der Waals surface area contributed by atoms with Gasteiger partial charge in [-0.2, -0.15) is 5.10 Å². The van der Waals surface area contributed by atoms with E-state index >= 15 is 0 Å². The summed E-state index contributed by atoms with van der Waals surface area (Å²) in [5.74, 6) is 0.0688. The van der Waals surface area contributed by atoms with Gasteiger partial charge in [0.05, 0.1) is 12.1 Å². The second-order valence-corrected chi connectivity index (χ2v) is 5.27. The molecule has 0 unspecified atom stereocenters. The molecule has 0 saturated carbocycles. The summed E-state index contributed by atoms with van der Waals surface area (Å²) in [6.45, 7) is -0.0466. The molecule has 2 aromatic carbocycles. The summed E-state index contributed by atoms with van der Waals surface area (Å²) >= 11 is 0. The van der Waals surface area contributed by atoms with Crippen LogP contribution in [-0.2, 0) is 13.2 Å². The number of fused-ring (bicyclic) bond motifs is 1. The van der Waals surface area contributed by atoms with Crippen molar-refractivity contribution in [3.63, 3.8) is 0 Å². The summed E-state index contributed by atoms with van der Waals surface area (Å²) in [5, 5.41) is 22.1. The SMILES string of the molecule is OCc1nnc(-c2nn(Cc3ccccc3F)c3ccccc23)o1. The molecule has 2 aromatic heterocycles. The molecule has 0 radical (unpaired) electrons. The summed E-state index contributed by atoms with van der Waals surface area (Å²) in [7, 11) is 0. The van der Waals surface area contributed by atoms with Crippen LogP contribution in [0.25, 0.3) is 22.5 Å². The molecule has 4 rings (SSSR count). The van der Waals surface area contributed by atoms with E-state index in [1.165, 1.54) is 6.07 Å². The second kappa shape index (κ2) is 5.86. The highest BCUT2D eigenvalue weighted by atomic mass is 19.1. The molecule has 0 aliphatic rings. The van der Waals surface area contributed by atoms with Crippen molar-refractivity contribution in [1.82, 2.24) is 20.0 Å². The monoisotopic (exact) mass is 324 g/mol. The molecule has 0 spiro atoms. The average molecular weight is 324 g/mol. The maximum absolute atomic E-state index is 13.9. The first-order valence-corrected chi connectivity index (χ1v) is 7.39. The first-order chi connectivity index (χ1) is 11.8. The largest absolute Gasteiger partial charge is 0.417 e. The fraction of sp³-hybridized carbons (Fsp3) is 0.118. The molecule has 0 atom stereocenters. The third kappa shape index (κ3) is 2.44. The van der Waals surface area contributed by atoms with Crippen LogP contribution in [0.3, 0.4) is 0 Å². The predicted molar refractivity (Wildman–Crippen MR) is 84.4 cm³/mol. The molecule has 0 bridgehead atoms. The molecular formula is C17H13FN4O2. The van der Waals surface area contributed by atoms with Gasteiger partial charge in [0, 0.05) is 10.9 Å². The summed E-state index contributed by atoms with van der Waals surface area (Å²) in [6.07, 6.45) is 0. The number of aliphatic hydroxyl groups excluding tert-OH is 1. The summed E-state index contributed by atoms with van der Waals surface area (Å²) in [6, 6.07) is 14.1. The molecule has 6 nitrogen and oxygen atoms in total. The van der Waals surface area contributed by atoms with Gasteiger partial charge >= 0.3 is 0 Å². The molecule has 0 aliphatic heterocycles. The van der Waals surface area contributed by atoms with Gasteiger partial charge < -0.3 is 9.52 Å². The van der Waals surface area contributed by atoms with Crippen molar-refractivity contribution < 1.29 is 13.9 Å². The van der Waals surface area contributed by atoms with E-state index < -0.39 is 0 Å².